The molecular weight excluding hydrogens is 166 g/mol. The number of phenols is 1. The van der Waals surface area contributed by atoms with Crippen molar-refractivity contribution < 1.29 is 9.84 Å². The van der Waals surface area contributed by atoms with Gasteiger partial charge in [-0.05, 0) is 20.0 Å². The Hall–Kier alpha value is -1.22. The first kappa shape index (κ1) is 9.86. The number of hydrogen-bond acceptors (Lipinski definition) is 3. The second kappa shape index (κ2) is 4.14. The van der Waals surface area contributed by atoms with Gasteiger partial charge < -0.3 is 15.2 Å². The van der Waals surface area contributed by atoms with Crippen LogP contribution < -0.4 is 10.1 Å². The zero-order chi connectivity index (χ0) is 9.84. The lowest BCUT2D eigenvalue weighted by molar-refractivity contribution is 0.367. The van der Waals surface area contributed by atoms with E-state index < -0.39 is 0 Å². The number of ether oxygens (including phenoxy) is 1. The molecule has 2 N–H and O–H groups in total. The molecule has 0 radical (unpaired) electrons. The summed E-state index contributed by atoms with van der Waals surface area (Å²) in [4.78, 5) is 0. The van der Waals surface area contributed by atoms with Gasteiger partial charge in [0.15, 0.2) is 11.5 Å². The second-order valence-corrected chi connectivity index (χ2v) is 2.91. The van der Waals surface area contributed by atoms with E-state index in [-0.39, 0.29) is 11.8 Å². The van der Waals surface area contributed by atoms with Crippen LogP contribution in [0, 0.1) is 0 Å². The van der Waals surface area contributed by atoms with Crippen LogP contribution >= 0.6 is 0 Å². The average Bonchev–Trinajstić information content (AvgIpc) is 2.17. The van der Waals surface area contributed by atoms with E-state index in [0.29, 0.717) is 5.75 Å². The minimum Gasteiger partial charge on any atom is -0.504 e. The summed E-state index contributed by atoms with van der Waals surface area (Å²) in [7, 11) is 3.40. The quantitative estimate of drug-likeness (QED) is 0.745. The molecule has 1 aromatic carbocycles. The van der Waals surface area contributed by atoms with E-state index in [2.05, 4.69) is 5.32 Å². The van der Waals surface area contributed by atoms with E-state index in [9.17, 15) is 5.11 Å². The number of benzene rings is 1. The van der Waals surface area contributed by atoms with Gasteiger partial charge in [-0.25, -0.2) is 0 Å². The van der Waals surface area contributed by atoms with Gasteiger partial charge in [0, 0.05) is 11.6 Å². The van der Waals surface area contributed by atoms with Gasteiger partial charge >= 0.3 is 0 Å². The zero-order valence-corrected chi connectivity index (χ0v) is 8.16. The summed E-state index contributed by atoms with van der Waals surface area (Å²) in [6.45, 7) is 1.98. The monoisotopic (exact) mass is 181 g/mol. The van der Waals surface area contributed by atoms with Crippen molar-refractivity contribution in [1.29, 1.82) is 0 Å². The van der Waals surface area contributed by atoms with Gasteiger partial charge in [-0.2, -0.15) is 0 Å². The van der Waals surface area contributed by atoms with E-state index in [1.807, 2.05) is 26.1 Å². The van der Waals surface area contributed by atoms with Crippen LogP contribution in [0.25, 0.3) is 0 Å². The average molecular weight is 181 g/mol. The van der Waals surface area contributed by atoms with Gasteiger partial charge in [0.25, 0.3) is 0 Å². The van der Waals surface area contributed by atoms with Gasteiger partial charge in [0.1, 0.15) is 0 Å². The molecule has 0 bridgehead atoms. The normalized spacial score (nSPS) is 12.5. The van der Waals surface area contributed by atoms with Crippen molar-refractivity contribution in [3.05, 3.63) is 23.8 Å². The first-order chi connectivity index (χ1) is 6.20. The van der Waals surface area contributed by atoms with Crippen molar-refractivity contribution in [3.8, 4) is 11.5 Å². The Morgan fingerprint density at radius 1 is 1.46 bits per heavy atom. The molecule has 0 aliphatic heterocycles. The lowest BCUT2D eigenvalue weighted by Crippen LogP contribution is -2.12. The molecule has 1 aromatic rings. The standard InChI is InChI=1S/C10H15NO2/c1-7(11-2)8-5-4-6-9(13-3)10(8)12/h4-7,11-12H,1-3H3/t7-/m1/s1. The maximum absolute atomic E-state index is 9.73. The van der Waals surface area contributed by atoms with Crippen LogP contribution in [0.1, 0.15) is 18.5 Å². The Kier molecular flexibility index (Phi) is 3.14. The molecule has 0 amide bonds. The maximum Gasteiger partial charge on any atom is 0.162 e. The first-order valence-corrected chi connectivity index (χ1v) is 4.23. The van der Waals surface area contributed by atoms with Gasteiger partial charge in [-0.15, -0.1) is 0 Å². The largest absolute Gasteiger partial charge is 0.504 e. The Balaban J connectivity index is 3.08. The van der Waals surface area contributed by atoms with Crippen LogP contribution in [0.15, 0.2) is 18.2 Å². The third kappa shape index (κ3) is 1.92. The number of nitrogens with one attached hydrogen (secondary N) is 1. The molecule has 0 saturated carbocycles. The summed E-state index contributed by atoms with van der Waals surface area (Å²) >= 11 is 0. The third-order valence-corrected chi connectivity index (χ3v) is 2.15. The highest BCUT2D eigenvalue weighted by Gasteiger charge is 2.11. The molecule has 13 heavy (non-hydrogen) atoms. The number of rotatable bonds is 3. The Labute approximate surface area is 78.3 Å². The molecule has 0 spiro atoms. The van der Waals surface area contributed by atoms with Gasteiger partial charge in [-0.1, -0.05) is 12.1 Å². The van der Waals surface area contributed by atoms with Gasteiger partial charge in [-0.3, -0.25) is 0 Å². The minimum atomic E-state index is 0.120. The van der Waals surface area contributed by atoms with Crippen molar-refractivity contribution in [1.82, 2.24) is 5.32 Å². The fourth-order valence-corrected chi connectivity index (χ4v) is 1.21. The number of methoxy groups -OCH3 is 1. The van der Waals surface area contributed by atoms with Crippen molar-refractivity contribution in [2.24, 2.45) is 0 Å². The number of aromatic hydroxyl groups is 1. The number of para-hydroxylation sites is 1. The second-order valence-electron chi connectivity index (χ2n) is 2.91. The van der Waals surface area contributed by atoms with Crippen LogP contribution in [-0.4, -0.2) is 19.3 Å². The smallest absolute Gasteiger partial charge is 0.162 e. The van der Waals surface area contributed by atoms with E-state index >= 15 is 0 Å². The van der Waals surface area contributed by atoms with Gasteiger partial charge in [0.05, 0.1) is 7.11 Å². The summed E-state index contributed by atoms with van der Waals surface area (Å²) in [5.74, 6) is 0.728. The van der Waals surface area contributed by atoms with Crippen molar-refractivity contribution in [2.45, 2.75) is 13.0 Å². The van der Waals surface area contributed by atoms with E-state index in [1.54, 1.807) is 13.2 Å². The summed E-state index contributed by atoms with van der Waals surface area (Å²) in [5, 5.41) is 12.8. The number of hydrogen-bond donors (Lipinski definition) is 2. The molecule has 0 aliphatic rings. The molecule has 3 heteroatoms. The van der Waals surface area contributed by atoms with Gasteiger partial charge in [0.2, 0.25) is 0 Å². The molecule has 1 rings (SSSR count). The molecule has 0 heterocycles. The fraction of sp³-hybridized carbons (Fsp3) is 0.400. The highest BCUT2D eigenvalue weighted by atomic mass is 16.5. The molecule has 0 fully saturated rings. The van der Waals surface area contributed by atoms with E-state index in [1.165, 1.54) is 0 Å². The molecule has 72 valence electrons. The molecule has 0 unspecified atom stereocenters. The molecule has 0 saturated heterocycles. The predicted octanol–water partition coefficient (Wildman–Crippen LogP) is 1.68. The number of phenolic OH excluding ortho intramolecular Hbond substituents is 1. The Morgan fingerprint density at radius 3 is 2.69 bits per heavy atom. The highest BCUT2D eigenvalue weighted by molar-refractivity contribution is 5.46. The summed E-state index contributed by atoms with van der Waals surface area (Å²) < 4.78 is 5.00. The van der Waals surface area contributed by atoms with Crippen LogP contribution in [-0.2, 0) is 0 Å². The molecule has 0 aliphatic carbocycles. The molecule has 3 nitrogen and oxygen atoms in total. The molecular formula is C10H15NO2. The summed E-state index contributed by atoms with van der Waals surface area (Å²) in [6, 6.07) is 5.59. The van der Waals surface area contributed by atoms with Crippen LogP contribution in [0.2, 0.25) is 0 Å². The fourth-order valence-electron chi connectivity index (χ4n) is 1.21. The molecule has 0 aromatic heterocycles. The van der Waals surface area contributed by atoms with E-state index in [4.69, 9.17) is 4.74 Å². The van der Waals surface area contributed by atoms with Crippen molar-refractivity contribution >= 4 is 0 Å². The van der Waals surface area contributed by atoms with Crippen molar-refractivity contribution in [3.63, 3.8) is 0 Å². The Morgan fingerprint density at radius 2 is 2.15 bits per heavy atom. The summed E-state index contributed by atoms with van der Waals surface area (Å²) in [6.07, 6.45) is 0. The lowest BCUT2D eigenvalue weighted by Gasteiger charge is -2.14. The maximum atomic E-state index is 9.73. The van der Waals surface area contributed by atoms with E-state index in [0.717, 1.165) is 5.56 Å². The van der Waals surface area contributed by atoms with Crippen LogP contribution in [0.3, 0.4) is 0 Å². The minimum absolute atomic E-state index is 0.120. The van der Waals surface area contributed by atoms with Crippen molar-refractivity contribution in [2.75, 3.05) is 14.2 Å². The zero-order valence-electron chi connectivity index (χ0n) is 8.16. The predicted molar refractivity (Wildman–Crippen MR) is 52.1 cm³/mol. The first-order valence-electron chi connectivity index (χ1n) is 4.23. The lowest BCUT2D eigenvalue weighted by atomic mass is 10.1. The highest BCUT2D eigenvalue weighted by Crippen LogP contribution is 2.32. The third-order valence-electron chi connectivity index (χ3n) is 2.15. The Bertz CT molecular complexity index is 286. The molecule has 1 atom stereocenters. The van der Waals surface area contributed by atoms with Crippen LogP contribution in [0.5, 0.6) is 11.5 Å². The van der Waals surface area contributed by atoms with Crippen LogP contribution in [0.4, 0.5) is 0 Å². The SMILES string of the molecule is CN[C@H](C)c1cccc(OC)c1O. The summed E-state index contributed by atoms with van der Waals surface area (Å²) in [5.41, 5.74) is 0.849. The topological polar surface area (TPSA) is 41.5 Å².